The zero-order valence-electron chi connectivity index (χ0n) is 20.8. The van der Waals surface area contributed by atoms with Crippen LogP contribution in [0.15, 0.2) is 11.6 Å². The highest BCUT2D eigenvalue weighted by Crippen LogP contribution is 2.36. The van der Waals surface area contributed by atoms with E-state index in [4.69, 9.17) is 4.74 Å². The summed E-state index contributed by atoms with van der Waals surface area (Å²) in [6.45, 7) is 8.84. The van der Waals surface area contributed by atoms with Crippen LogP contribution in [-0.2, 0) is 9.53 Å². The molecule has 0 aromatic carbocycles. The molecule has 4 atom stereocenters. The first-order valence-electron chi connectivity index (χ1n) is 13.2. The Bertz CT molecular complexity index is 497. The first kappa shape index (κ1) is 28.2. The Kier molecular flexibility index (Phi) is 15.2. The Morgan fingerprint density at radius 2 is 1.77 bits per heavy atom. The summed E-state index contributed by atoms with van der Waals surface area (Å²) in [5.41, 5.74) is 1.35. The molecule has 0 aromatic heterocycles. The maximum atomic E-state index is 12.4. The van der Waals surface area contributed by atoms with Gasteiger partial charge in [-0.3, -0.25) is 4.79 Å². The average Bonchev–Trinajstić information content (AvgIpc) is 3.11. The van der Waals surface area contributed by atoms with E-state index in [1.165, 1.54) is 18.4 Å². The SMILES string of the molecule is CCCCCC(O)CC=C1CC[C@@H](O)[C@@H]1CCCCCC(C(=O)OCC)C(CC)CC. The van der Waals surface area contributed by atoms with Gasteiger partial charge in [-0.05, 0) is 51.4 Å². The monoisotopic (exact) mass is 438 g/mol. The molecule has 2 unspecified atom stereocenters. The van der Waals surface area contributed by atoms with Crippen molar-refractivity contribution < 1.29 is 19.7 Å². The fourth-order valence-corrected chi connectivity index (χ4v) is 5.17. The molecule has 0 spiro atoms. The number of aliphatic hydroxyl groups excluding tert-OH is 2. The van der Waals surface area contributed by atoms with Crippen LogP contribution >= 0.6 is 0 Å². The predicted octanol–water partition coefficient (Wildman–Crippen LogP) is 6.58. The molecule has 0 amide bonds. The summed E-state index contributed by atoms with van der Waals surface area (Å²) in [4.78, 5) is 12.4. The minimum atomic E-state index is -0.248. The number of aliphatic hydroxyl groups is 2. The molecule has 4 nitrogen and oxygen atoms in total. The highest BCUT2D eigenvalue weighted by molar-refractivity contribution is 5.72. The van der Waals surface area contributed by atoms with Crippen LogP contribution in [0.2, 0.25) is 0 Å². The van der Waals surface area contributed by atoms with Crippen LogP contribution in [-0.4, -0.2) is 35.0 Å². The van der Waals surface area contributed by atoms with E-state index in [-0.39, 0.29) is 30.0 Å². The van der Waals surface area contributed by atoms with Crippen molar-refractivity contribution in [3.63, 3.8) is 0 Å². The molecule has 2 N–H and O–H groups in total. The molecule has 0 radical (unpaired) electrons. The largest absolute Gasteiger partial charge is 0.466 e. The van der Waals surface area contributed by atoms with E-state index in [0.29, 0.717) is 12.5 Å². The summed E-state index contributed by atoms with van der Waals surface area (Å²) in [6, 6.07) is 0. The molecule has 1 aliphatic rings. The molecule has 0 saturated heterocycles. The van der Waals surface area contributed by atoms with Gasteiger partial charge in [0.1, 0.15) is 0 Å². The number of esters is 1. The lowest BCUT2D eigenvalue weighted by Crippen LogP contribution is -2.25. The maximum Gasteiger partial charge on any atom is 0.309 e. The summed E-state index contributed by atoms with van der Waals surface area (Å²) in [7, 11) is 0. The van der Waals surface area contributed by atoms with Gasteiger partial charge in [0, 0.05) is 5.92 Å². The third kappa shape index (κ3) is 10.5. The molecule has 1 aliphatic carbocycles. The minimum Gasteiger partial charge on any atom is -0.466 e. The van der Waals surface area contributed by atoms with Crippen LogP contribution in [0.5, 0.6) is 0 Å². The van der Waals surface area contributed by atoms with E-state index in [1.54, 1.807) is 0 Å². The zero-order chi connectivity index (χ0) is 23.1. The number of hydrogen-bond acceptors (Lipinski definition) is 4. The van der Waals surface area contributed by atoms with Crippen molar-refractivity contribution in [1.29, 1.82) is 0 Å². The normalized spacial score (nSPS) is 22.2. The van der Waals surface area contributed by atoms with Crippen LogP contribution in [0.25, 0.3) is 0 Å². The Balaban J connectivity index is 2.43. The number of unbranched alkanes of at least 4 members (excludes halogenated alkanes) is 4. The molecule has 1 saturated carbocycles. The average molecular weight is 439 g/mol. The topological polar surface area (TPSA) is 66.8 Å². The van der Waals surface area contributed by atoms with Crippen molar-refractivity contribution in [1.82, 2.24) is 0 Å². The maximum absolute atomic E-state index is 12.4. The van der Waals surface area contributed by atoms with Crippen molar-refractivity contribution in [2.75, 3.05) is 6.61 Å². The van der Waals surface area contributed by atoms with Gasteiger partial charge in [0.15, 0.2) is 0 Å². The van der Waals surface area contributed by atoms with Gasteiger partial charge < -0.3 is 14.9 Å². The lowest BCUT2D eigenvalue weighted by atomic mass is 9.83. The highest BCUT2D eigenvalue weighted by Gasteiger charge is 2.30. The van der Waals surface area contributed by atoms with Gasteiger partial charge in [-0.2, -0.15) is 0 Å². The number of carbonyl (C=O) groups is 1. The van der Waals surface area contributed by atoms with Crippen molar-refractivity contribution >= 4 is 5.97 Å². The molecule has 1 fully saturated rings. The Morgan fingerprint density at radius 1 is 1.06 bits per heavy atom. The summed E-state index contributed by atoms with van der Waals surface area (Å²) in [6.07, 6.45) is 15.8. The quantitative estimate of drug-likeness (QED) is 0.153. The highest BCUT2D eigenvalue weighted by atomic mass is 16.5. The van der Waals surface area contributed by atoms with Gasteiger partial charge in [-0.25, -0.2) is 0 Å². The Morgan fingerprint density at radius 3 is 2.42 bits per heavy atom. The van der Waals surface area contributed by atoms with Gasteiger partial charge >= 0.3 is 5.97 Å². The summed E-state index contributed by atoms with van der Waals surface area (Å²) < 4.78 is 5.33. The number of carbonyl (C=O) groups excluding carboxylic acids is 1. The molecule has 0 bridgehead atoms. The first-order valence-corrected chi connectivity index (χ1v) is 13.2. The molecular formula is C27H50O4. The lowest BCUT2D eigenvalue weighted by Gasteiger charge is -2.23. The molecule has 0 aromatic rings. The number of hydrogen-bond donors (Lipinski definition) is 2. The van der Waals surface area contributed by atoms with Crippen LogP contribution in [0.3, 0.4) is 0 Å². The lowest BCUT2D eigenvalue weighted by molar-refractivity contribution is -0.150. The number of rotatable bonds is 17. The minimum absolute atomic E-state index is 0.0230. The molecule has 182 valence electrons. The van der Waals surface area contributed by atoms with E-state index in [9.17, 15) is 15.0 Å². The fraction of sp³-hybridized carbons (Fsp3) is 0.889. The van der Waals surface area contributed by atoms with E-state index >= 15 is 0 Å². The second-order valence-corrected chi connectivity index (χ2v) is 9.45. The number of ether oxygens (including phenoxy) is 1. The molecule has 31 heavy (non-hydrogen) atoms. The summed E-state index contributed by atoms with van der Waals surface area (Å²) in [5.74, 6) is 0.665. The van der Waals surface area contributed by atoms with E-state index in [1.807, 2.05) is 6.92 Å². The van der Waals surface area contributed by atoms with Gasteiger partial charge in [0.2, 0.25) is 0 Å². The zero-order valence-corrected chi connectivity index (χ0v) is 20.8. The molecule has 1 rings (SSSR count). The molecule has 0 heterocycles. The van der Waals surface area contributed by atoms with Crippen LogP contribution in [0.1, 0.15) is 118 Å². The van der Waals surface area contributed by atoms with Crippen molar-refractivity contribution in [3.05, 3.63) is 11.6 Å². The van der Waals surface area contributed by atoms with Gasteiger partial charge in [0.05, 0.1) is 24.7 Å². The first-order chi connectivity index (χ1) is 15.0. The van der Waals surface area contributed by atoms with E-state index < -0.39 is 0 Å². The van der Waals surface area contributed by atoms with Gasteiger partial charge in [-0.1, -0.05) is 83.8 Å². The van der Waals surface area contributed by atoms with Crippen molar-refractivity contribution in [2.24, 2.45) is 17.8 Å². The van der Waals surface area contributed by atoms with Gasteiger partial charge in [0.25, 0.3) is 0 Å². The molecular weight excluding hydrogens is 388 g/mol. The van der Waals surface area contributed by atoms with Crippen LogP contribution in [0, 0.1) is 17.8 Å². The van der Waals surface area contributed by atoms with Crippen LogP contribution in [0.4, 0.5) is 0 Å². The van der Waals surface area contributed by atoms with Crippen LogP contribution < -0.4 is 0 Å². The Labute approximate surface area is 191 Å². The van der Waals surface area contributed by atoms with Crippen molar-refractivity contribution in [3.8, 4) is 0 Å². The smallest absolute Gasteiger partial charge is 0.309 e. The molecule has 4 heteroatoms. The van der Waals surface area contributed by atoms with Gasteiger partial charge in [-0.15, -0.1) is 0 Å². The predicted molar refractivity (Wildman–Crippen MR) is 129 cm³/mol. The standard InChI is InChI=1S/C27H50O4/c1-5-9-11-14-23(28)19-17-22-18-20-26(29)24(22)15-12-10-13-16-25(21(6-2)7-3)27(30)31-8-4/h17,21,23-26,28-29H,5-16,18-20H2,1-4H3/t23?,24-,25?,26-/m1/s1. The second kappa shape index (κ2) is 16.7. The third-order valence-electron chi connectivity index (χ3n) is 7.20. The van der Waals surface area contributed by atoms with Crippen molar-refractivity contribution in [2.45, 2.75) is 130 Å². The van der Waals surface area contributed by atoms with E-state index in [0.717, 1.165) is 77.0 Å². The second-order valence-electron chi connectivity index (χ2n) is 9.45. The van der Waals surface area contributed by atoms with E-state index in [2.05, 4.69) is 26.8 Å². The third-order valence-corrected chi connectivity index (χ3v) is 7.20. The fourth-order valence-electron chi connectivity index (χ4n) is 5.17. The Hall–Kier alpha value is -0.870. The summed E-state index contributed by atoms with van der Waals surface area (Å²) in [5, 5.41) is 20.7. The molecule has 0 aliphatic heterocycles. The summed E-state index contributed by atoms with van der Waals surface area (Å²) >= 11 is 0.